The van der Waals surface area contributed by atoms with Gasteiger partial charge in [-0.05, 0) is 18.6 Å². The molecule has 1 unspecified atom stereocenters. The highest BCUT2D eigenvalue weighted by Crippen LogP contribution is 2.43. The first-order valence-electron chi connectivity index (χ1n) is 4.61. The molecule has 1 heterocycles. The van der Waals surface area contributed by atoms with Crippen molar-refractivity contribution in [3.8, 4) is 5.75 Å². The summed E-state index contributed by atoms with van der Waals surface area (Å²) in [6.07, 6.45) is 0. The second-order valence-corrected chi connectivity index (χ2v) is 3.73. The quantitative estimate of drug-likeness (QED) is 0.678. The molecule has 0 spiro atoms. The highest BCUT2D eigenvalue weighted by Gasteiger charge is 2.38. The van der Waals surface area contributed by atoms with Crippen molar-refractivity contribution in [1.82, 2.24) is 0 Å². The smallest absolute Gasteiger partial charge is 0.234 e. The Morgan fingerprint density at radius 3 is 2.79 bits per heavy atom. The number of hydrogen-bond donors (Lipinski definition) is 0. The predicted molar refractivity (Wildman–Crippen MR) is 56.3 cm³/mol. The Morgan fingerprint density at radius 2 is 2.14 bits per heavy atom. The van der Waals surface area contributed by atoms with E-state index in [1.807, 2.05) is 26.0 Å². The first kappa shape index (κ1) is 9.28. The van der Waals surface area contributed by atoms with Gasteiger partial charge in [0.25, 0.3) is 0 Å². The first-order chi connectivity index (χ1) is 6.57. The standard InChI is InChI=1S/C12H14O2/c1-8-5-6-10-9(2)12(3,13-4)14-11(10)7-8/h5-7H,2H2,1,3-4H3. The summed E-state index contributed by atoms with van der Waals surface area (Å²) < 4.78 is 11.0. The molecule has 2 nitrogen and oxygen atoms in total. The molecule has 0 aromatic heterocycles. The fourth-order valence-electron chi connectivity index (χ4n) is 1.64. The van der Waals surface area contributed by atoms with Crippen molar-refractivity contribution in [1.29, 1.82) is 0 Å². The molecule has 0 N–H and O–H groups in total. The maximum absolute atomic E-state index is 5.71. The fourth-order valence-corrected chi connectivity index (χ4v) is 1.64. The molecule has 1 aliphatic heterocycles. The van der Waals surface area contributed by atoms with Crippen molar-refractivity contribution in [2.75, 3.05) is 7.11 Å². The zero-order valence-corrected chi connectivity index (χ0v) is 8.76. The normalized spacial score (nSPS) is 24.6. The second-order valence-electron chi connectivity index (χ2n) is 3.73. The lowest BCUT2D eigenvalue weighted by molar-refractivity contribution is -0.0914. The monoisotopic (exact) mass is 190 g/mol. The Morgan fingerprint density at radius 1 is 1.43 bits per heavy atom. The molecule has 0 radical (unpaired) electrons. The summed E-state index contributed by atoms with van der Waals surface area (Å²) in [4.78, 5) is 0. The van der Waals surface area contributed by atoms with Gasteiger partial charge in [-0.1, -0.05) is 18.7 Å². The number of methoxy groups -OCH3 is 1. The van der Waals surface area contributed by atoms with Gasteiger partial charge in [0.2, 0.25) is 5.79 Å². The van der Waals surface area contributed by atoms with E-state index in [9.17, 15) is 0 Å². The van der Waals surface area contributed by atoms with Gasteiger partial charge in [0.15, 0.2) is 0 Å². The lowest BCUT2D eigenvalue weighted by atomic mass is 10.0. The van der Waals surface area contributed by atoms with Crippen molar-refractivity contribution >= 4 is 5.57 Å². The van der Waals surface area contributed by atoms with E-state index in [0.29, 0.717) is 0 Å². The van der Waals surface area contributed by atoms with E-state index in [1.54, 1.807) is 7.11 Å². The lowest BCUT2D eigenvalue weighted by Crippen LogP contribution is -2.30. The van der Waals surface area contributed by atoms with Crippen LogP contribution in [0.3, 0.4) is 0 Å². The van der Waals surface area contributed by atoms with E-state index < -0.39 is 5.79 Å². The van der Waals surface area contributed by atoms with E-state index in [0.717, 1.165) is 16.9 Å². The van der Waals surface area contributed by atoms with Crippen LogP contribution in [0.4, 0.5) is 0 Å². The van der Waals surface area contributed by atoms with Crippen LogP contribution in [0, 0.1) is 6.92 Å². The van der Waals surface area contributed by atoms with Crippen LogP contribution in [0.1, 0.15) is 18.1 Å². The number of aryl methyl sites for hydroxylation is 1. The van der Waals surface area contributed by atoms with Gasteiger partial charge in [-0.2, -0.15) is 0 Å². The van der Waals surface area contributed by atoms with Crippen LogP contribution < -0.4 is 4.74 Å². The summed E-state index contributed by atoms with van der Waals surface area (Å²) in [6.45, 7) is 7.92. The van der Waals surface area contributed by atoms with Crippen molar-refractivity contribution in [3.63, 3.8) is 0 Å². The number of ether oxygens (including phenoxy) is 2. The summed E-state index contributed by atoms with van der Waals surface area (Å²) in [5, 5.41) is 0. The molecule has 74 valence electrons. The minimum absolute atomic E-state index is 0.698. The van der Waals surface area contributed by atoms with Crippen molar-refractivity contribution in [2.24, 2.45) is 0 Å². The average molecular weight is 190 g/mol. The number of hydrogen-bond acceptors (Lipinski definition) is 2. The summed E-state index contributed by atoms with van der Waals surface area (Å²) in [7, 11) is 1.63. The SMILES string of the molecule is C=C1c2ccc(C)cc2OC1(C)OC. The van der Waals surface area contributed by atoms with Crippen LogP contribution in [0.15, 0.2) is 24.8 Å². The third-order valence-electron chi connectivity index (χ3n) is 2.70. The van der Waals surface area contributed by atoms with E-state index in [-0.39, 0.29) is 0 Å². The van der Waals surface area contributed by atoms with E-state index in [2.05, 4.69) is 12.6 Å². The molecule has 2 heteroatoms. The average Bonchev–Trinajstić information content (AvgIpc) is 2.40. The molecule has 1 aromatic rings. The number of fused-ring (bicyclic) bond motifs is 1. The lowest BCUT2D eigenvalue weighted by Gasteiger charge is -2.22. The largest absolute Gasteiger partial charge is 0.458 e. The molecule has 2 rings (SSSR count). The Hall–Kier alpha value is -1.28. The highest BCUT2D eigenvalue weighted by molar-refractivity contribution is 5.77. The summed E-state index contributed by atoms with van der Waals surface area (Å²) in [6, 6.07) is 6.08. The molecule has 14 heavy (non-hydrogen) atoms. The van der Waals surface area contributed by atoms with Gasteiger partial charge >= 0.3 is 0 Å². The Kier molecular flexibility index (Phi) is 1.89. The Labute approximate surface area is 84.2 Å². The van der Waals surface area contributed by atoms with Crippen LogP contribution in [-0.4, -0.2) is 12.9 Å². The van der Waals surface area contributed by atoms with Crippen LogP contribution in [0.5, 0.6) is 5.75 Å². The molecule has 0 bridgehead atoms. The zero-order chi connectivity index (χ0) is 10.3. The number of benzene rings is 1. The van der Waals surface area contributed by atoms with E-state index in [4.69, 9.17) is 9.47 Å². The molecular weight excluding hydrogens is 176 g/mol. The van der Waals surface area contributed by atoms with E-state index >= 15 is 0 Å². The Bertz CT molecular complexity index is 395. The topological polar surface area (TPSA) is 18.5 Å². The van der Waals surface area contributed by atoms with Gasteiger partial charge in [-0.15, -0.1) is 0 Å². The van der Waals surface area contributed by atoms with Crippen LogP contribution >= 0.6 is 0 Å². The maximum atomic E-state index is 5.71. The summed E-state index contributed by atoms with van der Waals surface area (Å²) in [5.74, 6) is 0.162. The molecule has 0 saturated carbocycles. The van der Waals surface area contributed by atoms with Gasteiger partial charge in [-0.25, -0.2) is 0 Å². The molecule has 1 aliphatic rings. The molecule has 0 aliphatic carbocycles. The number of rotatable bonds is 1. The Balaban J connectivity index is 2.51. The predicted octanol–water partition coefficient (Wildman–Crippen LogP) is 2.76. The van der Waals surface area contributed by atoms with Crippen LogP contribution in [-0.2, 0) is 4.74 Å². The van der Waals surface area contributed by atoms with Gasteiger partial charge in [0.1, 0.15) is 5.75 Å². The highest BCUT2D eigenvalue weighted by atomic mass is 16.7. The minimum atomic E-state index is -0.698. The third kappa shape index (κ3) is 1.15. The fraction of sp³-hybridized carbons (Fsp3) is 0.333. The van der Waals surface area contributed by atoms with Gasteiger partial charge in [0, 0.05) is 25.2 Å². The minimum Gasteiger partial charge on any atom is -0.458 e. The van der Waals surface area contributed by atoms with Crippen LogP contribution in [0.25, 0.3) is 5.57 Å². The molecule has 0 fully saturated rings. The molecule has 0 amide bonds. The van der Waals surface area contributed by atoms with Gasteiger partial charge < -0.3 is 9.47 Å². The third-order valence-corrected chi connectivity index (χ3v) is 2.70. The van der Waals surface area contributed by atoms with Gasteiger partial charge in [-0.3, -0.25) is 0 Å². The zero-order valence-electron chi connectivity index (χ0n) is 8.76. The summed E-state index contributed by atoms with van der Waals surface area (Å²) in [5.41, 5.74) is 3.10. The van der Waals surface area contributed by atoms with Crippen molar-refractivity contribution in [3.05, 3.63) is 35.9 Å². The maximum Gasteiger partial charge on any atom is 0.234 e. The van der Waals surface area contributed by atoms with Crippen molar-refractivity contribution < 1.29 is 9.47 Å². The van der Waals surface area contributed by atoms with Crippen LogP contribution in [0.2, 0.25) is 0 Å². The first-order valence-corrected chi connectivity index (χ1v) is 4.61. The molecule has 1 atom stereocenters. The van der Waals surface area contributed by atoms with Crippen molar-refractivity contribution in [2.45, 2.75) is 19.6 Å². The van der Waals surface area contributed by atoms with Gasteiger partial charge in [0.05, 0.1) is 0 Å². The summed E-state index contributed by atoms with van der Waals surface area (Å²) >= 11 is 0. The molecule has 0 saturated heterocycles. The second kappa shape index (κ2) is 2.85. The molecular formula is C12H14O2. The molecule has 1 aromatic carbocycles. The van der Waals surface area contributed by atoms with E-state index in [1.165, 1.54) is 5.56 Å².